The van der Waals surface area contributed by atoms with Gasteiger partial charge in [-0.05, 0) is 48.2 Å². The van der Waals surface area contributed by atoms with Crippen LogP contribution in [0.5, 0.6) is 0 Å². The summed E-state index contributed by atoms with van der Waals surface area (Å²) in [5.41, 5.74) is 2.05. The van der Waals surface area contributed by atoms with E-state index in [1.54, 1.807) is 36.4 Å². The average molecular weight is 466 g/mol. The summed E-state index contributed by atoms with van der Waals surface area (Å²) in [6.07, 6.45) is 1.22. The number of amides is 1. The molecule has 1 aliphatic heterocycles. The molecule has 1 amide bonds. The first-order chi connectivity index (χ1) is 14.3. The predicted molar refractivity (Wildman–Crippen MR) is 118 cm³/mol. The molecule has 6 nitrogen and oxygen atoms in total. The lowest BCUT2D eigenvalue weighted by molar-refractivity contribution is -0.120. The molecule has 3 rings (SSSR count). The fraction of sp³-hybridized carbons (Fsp3) is 0.333. The Balaban J connectivity index is 1.55. The monoisotopic (exact) mass is 465 g/mol. The number of sulfonamides is 1. The first-order valence-corrected chi connectivity index (χ1v) is 11.8. The number of benzene rings is 2. The van der Waals surface area contributed by atoms with E-state index in [2.05, 4.69) is 11.4 Å². The highest BCUT2D eigenvalue weighted by Crippen LogP contribution is 2.27. The molecule has 0 atom stereocenters. The second kappa shape index (κ2) is 9.80. The van der Waals surface area contributed by atoms with Crippen molar-refractivity contribution in [1.82, 2.24) is 4.31 Å². The van der Waals surface area contributed by atoms with E-state index < -0.39 is 10.0 Å². The van der Waals surface area contributed by atoms with Crippen LogP contribution < -0.4 is 5.32 Å². The molecular weight excluding hydrogens is 445 g/mol. The number of nitrogens with one attached hydrogen (secondary N) is 1. The van der Waals surface area contributed by atoms with E-state index in [0.29, 0.717) is 40.6 Å². The van der Waals surface area contributed by atoms with Crippen LogP contribution in [0.25, 0.3) is 0 Å². The van der Waals surface area contributed by atoms with Crippen LogP contribution in [0.3, 0.4) is 0 Å². The second-order valence-corrected chi connectivity index (χ2v) is 10.00. The zero-order valence-electron chi connectivity index (χ0n) is 16.1. The van der Waals surface area contributed by atoms with Crippen molar-refractivity contribution in [1.29, 1.82) is 5.26 Å². The minimum absolute atomic E-state index is 0.124. The summed E-state index contributed by atoms with van der Waals surface area (Å²) in [7, 11) is -3.54. The van der Waals surface area contributed by atoms with Gasteiger partial charge in [0.2, 0.25) is 15.9 Å². The smallest absolute Gasteiger partial charge is 0.227 e. The molecule has 0 radical (unpaired) electrons. The summed E-state index contributed by atoms with van der Waals surface area (Å²) >= 11 is 12.0. The number of hydrogen-bond acceptors (Lipinski definition) is 4. The van der Waals surface area contributed by atoms with Crippen LogP contribution in [0.2, 0.25) is 10.0 Å². The molecule has 158 valence electrons. The number of nitriles is 1. The van der Waals surface area contributed by atoms with E-state index in [1.165, 1.54) is 10.4 Å². The maximum Gasteiger partial charge on any atom is 0.227 e. The van der Waals surface area contributed by atoms with Gasteiger partial charge in [0.15, 0.2) is 0 Å². The molecule has 30 heavy (non-hydrogen) atoms. The Labute approximate surface area is 186 Å². The maximum atomic E-state index is 12.8. The van der Waals surface area contributed by atoms with Crippen molar-refractivity contribution in [3.05, 3.63) is 63.6 Å². The van der Waals surface area contributed by atoms with Crippen molar-refractivity contribution >= 4 is 44.8 Å². The SMILES string of the molecule is N#CCc1ccc(NC(=O)C2CCN(S(=O)(=O)Cc3ccc(Cl)cc3Cl)CC2)cc1. The number of rotatable bonds is 6. The third-order valence-corrected chi connectivity index (χ3v) is 7.49. The Morgan fingerprint density at radius 1 is 1.13 bits per heavy atom. The van der Waals surface area contributed by atoms with Gasteiger partial charge in [-0.15, -0.1) is 0 Å². The molecule has 2 aromatic carbocycles. The summed E-state index contributed by atoms with van der Waals surface area (Å²) in [5, 5.41) is 12.4. The summed E-state index contributed by atoms with van der Waals surface area (Å²) < 4.78 is 26.9. The van der Waals surface area contributed by atoms with Gasteiger partial charge < -0.3 is 5.32 Å². The molecule has 0 spiro atoms. The molecule has 0 unspecified atom stereocenters. The van der Waals surface area contributed by atoms with Gasteiger partial charge in [0.25, 0.3) is 0 Å². The number of piperidine rings is 1. The minimum atomic E-state index is -3.54. The van der Waals surface area contributed by atoms with Crippen LogP contribution in [0.1, 0.15) is 24.0 Å². The molecule has 1 fully saturated rings. The molecule has 1 N–H and O–H groups in total. The minimum Gasteiger partial charge on any atom is -0.326 e. The summed E-state index contributed by atoms with van der Waals surface area (Å²) in [6.45, 7) is 0.569. The van der Waals surface area contributed by atoms with Gasteiger partial charge in [0.05, 0.1) is 18.2 Å². The molecule has 0 aromatic heterocycles. The van der Waals surface area contributed by atoms with E-state index in [1.807, 2.05) is 0 Å². The molecule has 1 aliphatic rings. The van der Waals surface area contributed by atoms with Gasteiger partial charge in [-0.1, -0.05) is 41.4 Å². The topological polar surface area (TPSA) is 90.3 Å². The van der Waals surface area contributed by atoms with E-state index in [9.17, 15) is 13.2 Å². The first-order valence-electron chi connectivity index (χ1n) is 9.47. The fourth-order valence-electron chi connectivity index (χ4n) is 3.36. The van der Waals surface area contributed by atoms with Crippen molar-refractivity contribution in [3.8, 4) is 6.07 Å². The quantitative estimate of drug-likeness (QED) is 0.690. The number of carbonyl (C=O) groups is 1. The van der Waals surface area contributed by atoms with E-state index >= 15 is 0 Å². The van der Waals surface area contributed by atoms with E-state index in [4.69, 9.17) is 28.5 Å². The highest BCUT2D eigenvalue weighted by atomic mass is 35.5. The fourth-order valence-corrected chi connectivity index (χ4v) is 5.51. The molecule has 2 aromatic rings. The first kappa shape index (κ1) is 22.6. The second-order valence-electron chi connectivity index (χ2n) is 7.19. The summed E-state index contributed by atoms with van der Waals surface area (Å²) in [5.74, 6) is -0.579. The van der Waals surface area contributed by atoms with Crippen LogP contribution in [-0.2, 0) is 27.0 Å². The number of anilines is 1. The van der Waals surface area contributed by atoms with Crippen LogP contribution in [0, 0.1) is 17.2 Å². The van der Waals surface area contributed by atoms with Crippen molar-refractivity contribution in [3.63, 3.8) is 0 Å². The average Bonchev–Trinajstić information content (AvgIpc) is 2.72. The van der Waals surface area contributed by atoms with Crippen LogP contribution in [-0.4, -0.2) is 31.7 Å². The lowest BCUT2D eigenvalue weighted by Crippen LogP contribution is -2.41. The molecule has 0 saturated carbocycles. The molecule has 0 bridgehead atoms. The molecule has 1 saturated heterocycles. The molecular formula is C21H21Cl2N3O3S. The lowest BCUT2D eigenvalue weighted by Gasteiger charge is -2.30. The number of halogens is 2. The highest BCUT2D eigenvalue weighted by Gasteiger charge is 2.31. The van der Waals surface area contributed by atoms with Crippen molar-refractivity contribution in [2.24, 2.45) is 5.92 Å². The maximum absolute atomic E-state index is 12.8. The standard InChI is InChI=1S/C21H21Cl2N3O3S/c22-18-4-3-17(20(23)13-18)14-30(28,29)26-11-8-16(9-12-26)21(27)25-19-5-1-15(2-6-19)7-10-24/h1-6,13,16H,7-9,11-12,14H2,(H,25,27). The van der Waals surface area contributed by atoms with Crippen molar-refractivity contribution < 1.29 is 13.2 Å². The van der Waals surface area contributed by atoms with Crippen LogP contribution >= 0.6 is 23.2 Å². The Hall–Kier alpha value is -2.11. The highest BCUT2D eigenvalue weighted by molar-refractivity contribution is 7.88. The Bertz CT molecular complexity index is 1060. The largest absolute Gasteiger partial charge is 0.326 e. The van der Waals surface area contributed by atoms with Gasteiger partial charge in [0, 0.05) is 34.7 Å². The predicted octanol–water partition coefficient (Wildman–Crippen LogP) is 4.24. The molecule has 9 heteroatoms. The van der Waals surface area contributed by atoms with E-state index in [-0.39, 0.29) is 30.7 Å². The van der Waals surface area contributed by atoms with Crippen molar-refractivity contribution in [2.75, 3.05) is 18.4 Å². The summed E-state index contributed by atoms with van der Waals surface area (Å²) in [4.78, 5) is 12.5. The van der Waals surface area contributed by atoms with Crippen LogP contribution in [0.4, 0.5) is 5.69 Å². The van der Waals surface area contributed by atoms with Gasteiger partial charge in [-0.3, -0.25) is 4.79 Å². The van der Waals surface area contributed by atoms with Gasteiger partial charge in [0.1, 0.15) is 0 Å². The van der Waals surface area contributed by atoms with E-state index in [0.717, 1.165) is 5.56 Å². The summed E-state index contributed by atoms with van der Waals surface area (Å²) in [6, 6.07) is 14.0. The van der Waals surface area contributed by atoms with Gasteiger partial charge >= 0.3 is 0 Å². The zero-order chi connectivity index (χ0) is 21.7. The normalized spacial score (nSPS) is 15.5. The lowest BCUT2D eigenvalue weighted by atomic mass is 9.97. The number of hydrogen-bond donors (Lipinski definition) is 1. The Morgan fingerprint density at radius 2 is 1.80 bits per heavy atom. The molecule has 1 heterocycles. The van der Waals surface area contributed by atoms with Crippen molar-refractivity contribution in [2.45, 2.75) is 25.0 Å². The number of carbonyl (C=O) groups excluding carboxylic acids is 1. The zero-order valence-corrected chi connectivity index (χ0v) is 18.5. The Kier molecular flexibility index (Phi) is 7.37. The third-order valence-electron chi connectivity index (χ3n) is 5.08. The number of nitrogens with zero attached hydrogens (tertiary/aromatic N) is 2. The van der Waals surface area contributed by atoms with Gasteiger partial charge in [-0.2, -0.15) is 5.26 Å². The van der Waals surface area contributed by atoms with Crippen LogP contribution in [0.15, 0.2) is 42.5 Å². The Morgan fingerprint density at radius 3 is 2.40 bits per heavy atom. The molecule has 0 aliphatic carbocycles. The van der Waals surface area contributed by atoms with Gasteiger partial charge in [-0.25, -0.2) is 12.7 Å². The third kappa shape index (κ3) is 5.73.